The van der Waals surface area contributed by atoms with Crippen LogP contribution in [0.25, 0.3) is 11.0 Å². The number of carbonyl (C=O) groups is 1. The molecule has 0 spiro atoms. The van der Waals surface area contributed by atoms with E-state index in [4.69, 9.17) is 14.5 Å². The summed E-state index contributed by atoms with van der Waals surface area (Å²) < 4.78 is 12.9. The van der Waals surface area contributed by atoms with E-state index in [0.29, 0.717) is 23.0 Å². The van der Waals surface area contributed by atoms with Gasteiger partial charge in [-0.1, -0.05) is 56.3 Å². The molecule has 1 atom stereocenters. The first-order valence-corrected chi connectivity index (χ1v) is 11.0. The van der Waals surface area contributed by atoms with Crippen LogP contribution < -0.4 is 14.8 Å². The third-order valence-electron chi connectivity index (χ3n) is 5.54. The van der Waals surface area contributed by atoms with Crippen molar-refractivity contribution in [1.82, 2.24) is 14.9 Å². The van der Waals surface area contributed by atoms with Gasteiger partial charge in [-0.2, -0.15) is 0 Å². The summed E-state index contributed by atoms with van der Waals surface area (Å²) in [6.07, 6.45) is 0. The van der Waals surface area contributed by atoms with E-state index < -0.39 is 6.04 Å². The maximum Gasteiger partial charge on any atom is 0.252 e. The van der Waals surface area contributed by atoms with Gasteiger partial charge in [-0.25, -0.2) is 4.98 Å². The molecule has 6 nitrogen and oxygen atoms in total. The van der Waals surface area contributed by atoms with E-state index in [0.717, 1.165) is 29.0 Å². The summed E-state index contributed by atoms with van der Waals surface area (Å²) in [7, 11) is 3.13. The van der Waals surface area contributed by atoms with Gasteiger partial charge in [-0.3, -0.25) is 4.79 Å². The van der Waals surface area contributed by atoms with Crippen LogP contribution in [-0.4, -0.2) is 29.7 Å². The molecule has 0 bridgehead atoms. The predicted molar refractivity (Wildman–Crippen MR) is 130 cm³/mol. The molecule has 4 rings (SSSR count). The van der Waals surface area contributed by atoms with E-state index in [1.807, 2.05) is 48.5 Å². The minimum atomic E-state index is -0.419. The Hall–Kier alpha value is -3.80. The molecule has 170 valence electrons. The normalized spacial score (nSPS) is 12.0. The van der Waals surface area contributed by atoms with Crippen molar-refractivity contribution in [2.24, 2.45) is 5.92 Å². The number of carbonyl (C=O) groups excluding carboxylic acids is 1. The van der Waals surface area contributed by atoms with Crippen LogP contribution >= 0.6 is 0 Å². The zero-order valence-electron chi connectivity index (χ0n) is 19.4. The van der Waals surface area contributed by atoms with Gasteiger partial charge < -0.3 is 19.4 Å². The number of ether oxygens (including phenoxy) is 2. The summed E-state index contributed by atoms with van der Waals surface area (Å²) in [4.78, 5) is 18.3. The number of hydrogen-bond donors (Lipinski definition) is 1. The molecule has 0 aliphatic rings. The second-order valence-electron chi connectivity index (χ2n) is 8.35. The largest absolute Gasteiger partial charge is 0.493 e. The van der Waals surface area contributed by atoms with E-state index in [1.165, 1.54) is 0 Å². The molecule has 0 saturated heterocycles. The Kier molecular flexibility index (Phi) is 6.63. The van der Waals surface area contributed by atoms with Crippen molar-refractivity contribution in [3.8, 4) is 11.5 Å². The van der Waals surface area contributed by atoms with Gasteiger partial charge >= 0.3 is 0 Å². The fourth-order valence-electron chi connectivity index (χ4n) is 4.01. The van der Waals surface area contributed by atoms with Crippen molar-refractivity contribution < 1.29 is 14.3 Å². The first-order chi connectivity index (χ1) is 16.0. The molecule has 0 aliphatic carbocycles. The van der Waals surface area contributed by atoms with Crippen molar-refractivity contribution in [2.45, 2.75) is 26.4 Å². The second kappa shape index (κ2) is 9.77. The molecule has 3 aromatic carbocycles. The number of benzene rings is 3. The molecule has 6 heteroatoms. The molecule has 33 heavy (non-hydrogen) atoms. The molecule has 0 aliphatic heterocycles. The molecular weight excluding hydrogens is 414 g/mol. The first kappa shape index (κ1) is 22.4. The molecule has 1 N–H and O–H groups in total. The van der Waals surface area contributed by atoms with E-state index in [2.05, 4.69) is 29.8 Å². The van der Waals surface area contributed by atoms with E-state index in [9.17, 15) is 4.79 Å². The summed E-state index contributed by atoms with van der Waals surface area (Å²) in [5.41, 5.74) is 3.42. The molecule has 0 saturated carbocycles. The average Bonchev–Trinajstić information content (AvgIpc) is 3.19. The van der Waals surface area contributed by atoms with Crippen molar-refractivity contribution in [2.75, 3.05) is 14.2 Å². The number of imidazole rings is 1. The van der Waals surface area contributed by atoms with Gasteiger partial charge in [0.1, 0.15) is 11.9 Å². The lowest BCUT2D eigenvalue weighted by atomic mass is 10.0. The topological polar surface area (TPSA) is 65.4 Å². The number of rotatable bonds is 8. The average molecular weight is 444 g/mol. The summed E-state index contributed by atoms with van der Waals surface area (Å²) in [5, 5.41) is 3.21. The van der Waals surface area contributed by atoms with Crippen LogP contribution in [-0.2, 0) is 6.54 Å². The van der Waals surface area contributed by atoms with Gasteiger partial charge in [0.15, 0.2) is 11.5 Å². The minimum absolute atomic E-state index is 0.215. The number of nitrogens with zero attached hydrogens (tertiary/aromatic N) is 2. The summed E-state index contributed by atoms with van der Waals surface area (Å²) in [6, 6.07) is 22.8. The van der Waals surface area contributed by atoms with Crippen molar-refractivity contribution >= 4 is 16.9 Å². The predicted octanol–water partition coefficient (Wildman–Crippen LogP) is 5.23. The second-order valence-corrected chi connectivity index (χ2v) is 8.35. The number of amides is 1. The summed E-state index contributed by atoms with van der Waals surface area (Å²) >= 11 is 0. The SMILES string of the molecule is COc1ccc(C(=O)NC(c2ccccc2)c2nc3ccccc3n2CC(C)C)cc1OC. The maximum atomic E-state index is 13.4. The highest BCUT2D eigenvalue weighted by atomic mass is 16.5. The number of nitrogens with one attached hydrogen (secondary N) is 1. The number of fused-ring (bicyclic) bond motifs is 1. The minimum Gasteiger partial charge on any atom is -0.493 e. The molecule has 0 radical (unpaired) electrons. The highest BCUT2D eigenvalue weighted by Gasteiger charge is 2.25. The highest BCUT2D eigenvalue weighted by molar-refractivity contribution is 5.95. The van der Waals surface area contributed by atoms with Crippen molar-refractivity contribution in [3.05, 3.63) is 89.7 Å². The van der Waals surface area contributed by atoms with Gasteiger partial charge in [0, 0.05) is 12.1 Å². The smallest absolute Gasteiger partial charge is 0.252 e. The van der Waals surface area contributed by atoms with E-state index in [1.54, 1.807) is 32.4 Å². The highest BCUT2D eigenvalue weighted by Crippen LogP contribution is 2.30. The van der Waals surface area contributed by atoms with Gasteiger partial charge in [-0.05, 0) is 41.8 Å². The Bertz CT molecular complexity index is 1250. The maximum absolute atomic E-state index is 13.4. The van der Waals surface area contributed by atoms with Crippen LogP contribution in [0.5, 0.6) is 11.5 Å². The van der Waals surface area contributed by atoms with Crippen molar-refractivity contribution in [1.29, 1.82) is 0 Å². The van der Waals surface area contributed by atoms with Gasteiger partial charge in [0.25, 0.3) is 5.91 Å². The molecule has 1 amide bonds. The zero-order valence-corrected chi connectivity index (χ0v) is 19.4. The first-order valence-electron chi connectivity index (χ1n) is 11.0. The Balaban J connectivity index is 1.79. The quantitative estimate of drug-likeness (QED) is 0.405. The van der Waals surface area contributed by atoms with Gasteiger partial charge in [-0.15, -0.1) is 0 Å². The van der Waals surface area contributed by atoms with E-state index >= 15 is 0 Å². The summed E-state index contributed by atoms with van der Waals surface area (Å²) in [5.74, 6) is 2.10. The molecule has 1 heterocycles. The van der Waals surface area contributed by atoms with Crippen LogP contribution in [0, 0.1) is 5.92 Å². The lowest BCUT2D eigenvalue weighted by Crippen LogP contribution is -2.31. The third-order valence-corrected chi connectivity index (χ3v) is 5.54. The van der Waals surface area contributed by atoms with Crippen LogP contribution in [0.15, 0.2) is 72.8 Å². The van der Waals surface area contributed by atoms with Crippen LogP contribution in [0.2, 0.25) is 0 Å². The molecule has 4 aromatic rings. The molecule has 0 fully saturated rings. The monoisotopic (exact) mass is 443 g/mol. The zero-order chi connectivity index (χ0) is 23.4. The Labute approximate surface area is 194 Å². The Morgan fingerprint density at radius 1 is 0.939 bits per heavy atom. The number of hydrogen-bond acceptors (Lipinski definition) is 4. The van der Waals surface area contributed by atoms with Gasteiger partial charge in [0.05, 0.1) is 25.3 Å². The number of aromatic nitrogens is 2. The lowest BCUT2D eigenvalue weighted by Gasteiger charge is -2.22. The summed E-state index contributed by atoms with van der Waals surface area (Å²) in [6.45, 7) is 5.15. The van der Waals surface area contributed by atoms with Crippen LogP contribution in [0.1, 0.15) is 41.6 Å². The van der Waals surface area contributed by atoms with Crippen LogP contribution in [0.4, 0.5) is 0 Å². The molecular formula is C27H29N3O3. The van der Waals surface area contributed by atoms with Crippen molar-refractivity contribution in [3.63, 3.8) is 0 Å². The standard InChI is InChI=1S/C27H29N3O3/c1-18(2)17-30-22-13-9-8-12-21(22)28-26(30)25(19-10-6-5-7-11-19)29-27(31)20-14-15-23(32-3)24(16-20)33-4/h5-16,18,25H,17H2,1-4H3,(H,29,31). The van der Waals surface area contributed by atoms with E-state index in [-0.39, 0.29) is 5.91 Å². The fourth-order valence-corrected chi connectivity index (χ4v) is 4.01. The van der Waals surface area contributed by atoms with Crippen LogP contribution in [0.3, 0.4) is 0 Å². The lowest BCUT2D eigenvalue weighted by molar-refractivity contribution is 0.0940. The Morgan fingerprint density at radius 3 is 2.33 bits per heavy atom. The number of para-hydroxylation sites is 2. The van der Waals surface area contributed by atoms with Gasteiger partial charge in [0.2, 0.25) is 0 Å². The molecule has 1 aromatic heterocycles. The Morgan fingerprint density at radius 2 is 1.64 bits per heavy atom. The molecule has 1 unspecified atom stereocenters. The number of methoxy groups -OCH3 is 2. The fraction of sp³-hybridized carbons (Fsp3) is 0.259. The third kappa shape index (κ3) is 4.70.